The summed E-state index contributed by atoms with van der Waals surface area (Å²) in [5.41, 5.74) is 0.434. The Kier molecular flexibility index (Phi) is 3.22. The molecule has 0 aliphatic heterocycles. The molecule has 0 amide bonds. The van der Waals surface area contributed by atoms with Crippen LogP contribution in [-0.4, -0.2) is 12.9 Å². The highest BCUT2D eigenvalue weighted by Gasteiger charge is 2.24. The summed E-state index contributed by atoms with van der Waals surface area (Å²) in [6.07, 6.45) is 4.06. The minimum Gasteiger partial charge on any atom is -0.497 e. The molecule has 0 spiro atoms. The third-order valence-electron chi connectivity index (χ3n) is 3.12. The van der Waals surface area contributed by atoms with E-state index in [4.69, 9.17) is 4.74 Å². The van der Waals surface area contributed by atoms with Crippen LogP contribution in [0.1, 0.15) is 36.0 Å². The number of methoxy groups -OCH3 is 1. The third kappa shape index (κ3) is 2.23. The van der Waals surface area contributed by atoms with E-state index in [0.29, 0.717) is 11.3 Å². The second-order valence-corrected chi connectivity index (χ2v) is 4.23. The summed E-state index contributed by atoms with van der Waals surface area (Å²) < 4.78 is 18.2. The van der Waals surface area contributed by atoms with E-state index < -0.39 is 5.82 Å². The van der Waals surface area contributed by atoms with Gasteiger partial charge >= 0.3 is 0 Å². The Morgan fingerprint density at radius 2 is 2.00 bits per heavy atom. The van der Waals surface area contributed by atoms with Crippen LogP contribution in [0, 0.1) is 11.7 Å². The molecule has 1 aliphatic carbocycles. The quantitative estimate of drug-likeness (QED) is 0.734. The maximum absolute atomic E-state index is 13.2. The number of Topliss-reactive ketones (excluding diaryl/α,β-unsaturated/α-hetero) is 1. The summed E-state index contributed by atoms with van der Waals surface area (Å²) in [5, 5.41) is 0. The normalized spacial score (nSPS) is 16.4. The molecule has 1 aromatic carbocycles. The maximum Gasteiger partial charge on any atom is 0.166 e. The Balaban J connectivity index is 2.24. The lowest BCUT2D eigenvalue weighted by atomic mass is 9.96. The van der Waals surface area contributed by atoms with Gasteiger partial charge in [-0.3, -0.25) is 4.79 Å². The summed E-state index contributed by atoms with van der Waals surface area (Å²) in [7, 11) is 1.47. The fraction of sp³-hybridized carbons (Fsp3) is 0.462. The summed E-state index contributed by atoms with van der Waals surface area (Å²) in [4.78, 5) is 12.0. The molecule has 0 saturated heterocycles. The summed E-state index contributed by atoms with van der Waals surface area (Å²) in [6.45, 7) is 0. The van der Waals surface area contributed by atoms with Gasteiger partial charge in [-0.2, -0.15) is 0 Å². The summed E-state index contributed by atoms with van der Waals surface area (Å²) >= 11 is 0. The van der Waals surface area contributed by atoms with Gasteiger partial charge in [-0.1, -0.05) is 12.8 Å². The molecule has 3 heteroatoms. The van der Waals surface area contributed by atoms with Crippen molar-refractivity contribution >= 4 is 5.78 Å². The average Bonchev–Trinajstić information content (AvgIpc) is 2.80. The fourth-order valence-electron chi connectivity index (χ4n) is 2.25. The lowest BCUT2D eigenvalue weighted by molar-refractivity contribution is 0.0922. The summed E-state index contributed by atoms with van der Waals surface area (Å²) in [6, 6.07) is 4.19. The van der Waals surface area contributed by atoms with Crippen molar-refractivity contribution in [3.8, 4) is 5.75 Å². The van der Waals surface area contributed by atoms with E-state index in [0.717, 1.165) is 25.7 Å². The molecule has 0 aromatic heterocycles. The van der Waals surface area contributed by atoms with Crippen molar-refractivity contribution in [3.05, 3.63) is 29.6 Å². The van der Waals surface area contributed by atoms with E-state index in [9.17, 15) is 9.18 Å². The number of ether oxygens (including phenoxy) is 1. The van der Waals surface area contributed by atoms with Gasteiger partial charge in [-0.05, 0) is 25.0 Å². The Morgan fingerprint density at radius 1 is 1.31 bits per heavy atom. The number of hydrogen-bond donors (Lipinski definition) is 0. The molecule has 86 valence electrons. The van der Waals surface area contributed by atoms with E-state index in [-0.39, 0.29) is 11.7 Å². The SMILES string of the molecule is COc1cc(F)cc(C(=O)C2CCCC2)c1. The van der Waals surface area contributed by atoms with Crippen molar-refractivity contribution in [3.63, 3.8) is 0 Å². The highest BCUT2D eigenvalue weighted by molar-refractivity contribution is 5.98. The van der Waals surface area contributed by atoms with Gasteiger partial charge in [-0.25, -0.2) is 4.39 Å². The topological polar surface area (TPSA) is 26.3 Å². The maximum atomic E-state index is 13.2. The zero-order valence-corrected chi connectivity index (χ0v) is 9.33. The first-order valence-corrected chi connectivity index (χ1v) is 5.59. The van der Waals surface area contributed by atoms with Crippen LogP contribution in [0.15, 0.2) is 18.2 Å². The van der Waals surface area contributed by atoms with Crippen molar-refractivity contribution < 1.29 is 13.9 Å². The molecule has 16 heavy (non-hydrogen) atoms. The molecule has 2 rings (SSSR count). The smallest absolute Gasteiger partial charge is 0.166 e. The molecule has 0 radical (unpaired) electrons. The number of hydrogen-bond acceptors (Lipinski definition) is 2. The van der Waals surface area contributed by atoms with E-state index in [1.54, 1.807) is 6.07 Å². The minimum absolute atomic E-state index is 0.0512. The van der Waals surface area contributed by atoms with Gasteiger partial charge in [0.25, 0.3) is 0 Å². The molecule has 1 saturated carbocycles. The van der Waals surface area contributed by atoms with Crippen LogP contribution < -0.4 is 4.74 Å². The van der Waals surface area contributed by atoms with Gasteiger partial charge in [0.1, 0.15) is 11.6 Å². The molecule has 0 atom stereocenters. The van der Waals surface area contributed by atoms with Gasteiger partial charge in [0, 0.05) is 17.5 Å². The number of benzene rings is 1. The molecule has 0 bridgehead atoms. The lowest BCUT2D eigenvalue weighted by Crippen LogP contribution is -2.11. The number of carbonyl (C=O) groups excluding carboxylic acids is 1. The second kappa shape index (κ2) is 4.64. The molecule has 1 fully saturated rings. The molecule has 1 aromatic rings. The van der Waals surface area contributed by atoms with E-state index in [2.05, 4.69) is 0 Å². The van der Waals surface area contributed by atoms with E-state index in [1.165, 1.54) is 19.2 Å². The number of halogens is 1. The van der Waals surface area contributed by atoms with Gasteiger partial charge in [0.05, 0.1) is 7.11 Å². The molecule has 0 unspecified atom stereocenters. The van der Waals surface area contributed by atoms with Crippen molar-refractivity contribution in [2.75, 3.05) is 7.11 Å². The predicted octanol–water partition coefficient (Wildman–Crippen LogP) is 3.21. The molecular weight excluding hydrogens is 207 g/mol. The van der Waals surface area contributed by atoms with Crippen LogP contribution in [0.4, 0.5) is 4.39 Å². The Hall–Kier alpha value is -1.38. The Bertz CT molecular complexity index is 395. The van der Waals surface area contributed by atoms with Crippen LogP contribution >= 0.6 is 0 Å². The summed E-state index contributed by atoms with van der Waals surface area (Å²) in [5.74, 6) is 0.115. The molecule has 1 aliphatic rings. The lowest BCUT2D eigenvalue weighted by Gasteiger charge is -2.09. The molecule has 0 heterocycles. The first-order chi connectivity index (χ1) is 7.70. The second-order valence-electron chi connectivity index (χ2n) is 4.23. The third-order valence-corrected chi connectivity index (χ3v) is 3.12. The standard InChI is InChI=1S/C13H15FO2/c1-16-12-7-10(6-11(14)8-12)13(15)9-4-2-3-5-9/h6-9H,2-5H2,1H3. The first kappa shape index (κ1) is 11.1. The van der Waals surface area contributed by atoms with Gasteiger partial charge < -0.3 is 4.74 Å². The highest BCUT2D eigenvalue weighted by atomic mass is 19.1. The van der Waals surface area contributed by atoms with Gasteiger partial charge in [0.2, 0.25) is 0 Å². The van der Waals surface area contributed by atoms with E-state index >= 15 is 0 Å². The van der Waals surface area contributed by atoms with Crippen molar-refractivity contribution in [1.82, 2.24) is 0 Å². The molecular formula is C13H15FO2. The molecule has 2 nitrogen and oxygen atoms in total. The highest BCUT2D eigenvalue weighted by Crippen LogP contribution is 2.29. The van der Waals surface area contributed by atoms with E-state index in [1.807, 2.05) is 0 Å². The number of carbonyl (C=O) groups is 1. The predicted molar refractivity (Wildman–Crippen MR) is 59.2 cm³/mol. The fourth-order valence-corrected chi connectivity index (χ4v) is 2.25. The largest absolute Gasteiger partial charge is 0.497 e. The van der Waals surface area contributed by atoms with Crippen molar-refractivity contribution in [2.45, 2.75) is 25.7 Å². The minimum atomic E-state index is -0.416. The average molecular weight is 222 g/mol. The first-order valence-electron chi connectivity index (χ1n) is 5.59. The zero-order chi connectivity index (χ0) is 11.5. The number of rotatable bonds is 3. The Morgan fingerprint density at radius 3 is 2.62 bits per heavy atom. The van der Waals surface area contributed by atoms with Crippen LogP contribution in [0.3, 0.4) is 0 Å². The van der Waals surface area contributed by atoms with Crippen LogP contribution in [0.5, 0.6) is 5.75 Å². The zero-order valence-electron chi connectivity index (χ0n) is 9.33. The monoisotopic (exact) mass is 222 g/mol. The van der Waals surface area contributed by atoms with Gasteiger partial charge in [0.15, 0.2) is 5.78 Å². The Labute approximate surface area is 94.4 Å². The van der Waals surface area contributed by atoms with Crippen LogP contribution in [0.25, 0.3) is 0 Å². The molecule has 0 N–H and O–H groups in total. The van der Waals surface area contributed by atoms with Crippen LogP contribution in [-0.2, 0) is 0 Å². The van der Waals surface area contributed by atoms with Crippen molar-refractivity contribution in [2.24, 2.45) is 5.92 Å². The van der Waals surface area contributed by atoms with Gasteiger partial charge in [-0.15, -0.1) is 0 Å². The number of ketones is 1. The van der Waals surface area contributed by atoms with Crippen molar-refractivity contribution in [1.29, 1.82) is 0 Å². The van der Waals surface area contributed by atoms with Crippen LogP contribution in [0.2, 0.25) is 0 Å².